The fourth-order valence-corrected chi connectivity index (χ4v) is 9.19. The molecule has 0 spiro atoms. The lowest BCUT2D eigenvalue weighted by molar-refractivity contribution is -0.131. The van der Waals surface area contributed by atoms with Crippen molar-refractivity contribution in [3.05, 3.63) is 218 Å². The first-order chi connectivity index (χ1) is 31.7. The number of rotatable bonds is 7. The van der Waals surface area contributed by atoms with E-state index in [0.29, 0.717) is 34.0 Å². The number of fused-ring (bicyclic) bond motifs is 6. The van der Waals surface area contributed by atoms with Crippen molar-refractivity contribution in [2.24, 2.45) is 9.98 Å². The van der Waals surface area contributed by atoms with E-state index in [4.69, 9.17) is 24.2 Å². The fraction of sp³-hybridized carbons (Fsp3) is 0.203. The zero-order chi connectivity index (χ0) is 46.5. The summed E-state index contributed by atoms with van der Waals surface area (Å²) in [6.07, 6.45) is 8.22. The Morgan fingerprint density at radius 3 is 1.21 bits per heavy atom. The molecule has 7 nitrogen and oxygen atoms in total. The third kappa shape index (κ3) is 8.00. The molecule has 9 rings (SSSR count). The molecule has 0 saturated heterocycles. The zero-order valence-corrected chi connectivity index (χ0v) is 39.4. The Labute approximate surface area is 387 Å². The number of aliphatic imine (C=N–C) groups is 2. The molecule has 6 aromatic rings. The number of benzene rings is 5. The van der Waals surface area contributed by atoms with Gasteiger partial charge in [-0.15, -0.1) is 0 Å². The minimum absolute atomic E-state index is 0.0296. The lowest BCUT2D eigenvalue weighted by Crippen LogP contribution is -2.21. The highest BCUT2D eigenvalue weighted by Crippen LogP contribution is 2.53. The summed E-state index contributed by atoms with van der Waals surface area (Å²) in [7, 11) is 3.27. The molecule has 4 heterocycles. The van der Waals surface area contributed by atoms with Crippen molar-refractivity contribution >= 4 is 39.7 Å². The number of aromatic nitrogens is 1. The molecule has 0 atom stereocenters. The predicted molar refractivity (Wildman–Crippen MR) is 269 cm³/mol. The molecule has 0 fully saturated rings. The van der Waals surface area contributed by atoms with Crippen LogP contribution in [0.5, 0.6) is 17.2 Å². The van der Waals surface area contributed by atoms with E-state index in [2.05, 4.69) is 119 Å². The molecule has 0 saturated carbocycles. The summed E-state index contributed by atoms with van der Waals surface area (Å²) in [5.41, 5.74) is 14.2. The van der Waals surface area contributed by atoms with Gasteiger partial charge in [-0.1, -0.05) is 151 Å². The normalized spacial score (nSPS) is 14.8. The van der Waals surface area contributed by atoms with Gasteiger partial charge >= 0.3 is 5.97 Å². The third-order valence-corrected chi connectivity index (χ3v) is 12.5. The number of allylic oxidation sites excluding steroid dienone is 4. The summed E-state index contributed by atoms with van der Waals surface area (Å²) in [5.74, 6) is 0.754. The lowest BCUT2D eigenvalue weighted by Gasteiger charge is -2.26. The number of hydrogen-bond acceptors (Lipinski definition) is 6. The molecule has 66 heavy (non-hydrogen) atoms. The van der Waals surface area contributed by atoms with Crippen LogP contribution in [0.15, 0.2) is 167 Å². The van der Waals surface area contributed by atoms with E-state index in [0.717, 1.165) is 72.2 Å². The number of esters is 1. The summed E-state index contributed by atoms with van der Waals surface area (Å²) < 4.78 is 19.3. The summed E-state index contributed by atoms with van der Waals surface area (Å²) in [6, 6.07) is 42.0. The van der Waals surface area contributed by atoms with E-state index >= 15 is 0 Å². The Hall–Kier alpha value is -7.51. The van der Waals surface area contributed by atoms with Crippen LogP contribution < -0.4 is 24.9 Å². The van der Waals surface area contributed by atoms with Gasteiger partial charge in [0.05, 0.1) is 48.2 Å². The van der Waals surface area contributed by atoms with Crippen LogP contribution in [0.1, 0.15) is 98.5 Å². The molecule has 330 valence electrons. The molecule has 0 radical (unpaired) electrons. The van der Waals surface area contributed by atoms with E-state index < -0.39 is 5.97 Å². The van der Waals surface area contributed by atoms with Crippen molar-refractivity contribution in [2.45, 2.75) is 66.2 Å². The van der Waals surface area contributed by atoms with Gasteiger partial charge in [0.1, 0.15) is 11.5 Å². The molecular formula is C59H55N3O4. The van der Waals surface area contributed by atoms with Gasteiger partial charge < -0.3 is 19.2 Å². The second-order valence-corrected chi connectivity index (χ2v) is 19.0. The number of H-pyrrole nitrogens is 1. The molecule has 5 aromatic carbocycles. The average Bonchev–Trinajstić information content (AvgIpc) is 4.09. The molecule has 1 aromatic heterocycles. The number of ether oxygens (including phenoxy) is 3. The lowest BCUT2D eigenvalue weighted by atomic mass is 9.85. The van der Waals surface area contributed by atoms with Crippen LogP contribution in [0, 0.1) is 6.92 Å². The molecule has 0 unspecified atom stereocenters. The van der Waals surface area contributed by atoms with Crippen molar-refractivity contribution in [3.8, 4) is 17.2 Å². The maximum atomic E-state index is 13.6. The van der Waals surface area contributed by atoms with E-state index in [1.165, 1.54) is 18.1 Å². The summed E-state index contributed by atoms with van der Waals surface area (Å²) in [5, 5.41) is 1.80. The van der Waals surface area contributed by atoms with Crippen LogP contribution in [0.3, 0.4) is 0 Å². The van der Waals surface area contributed by atoms with Crippen molar-refractivity contribution < 1.29 is 19.0 Å². The van der Waals surface area contributed by atoms with Crippen LogP contribution >= 0.6 is 0 Å². The highest BCUT2D eigenvalue weighted by atomic mass is 16.5. The largest absolute Gasteiger partial charge is 0.496 e. The van der Waals surface area contributed by atoms with E-state index in [1.54, 1.807) is 14.2 Å². The van der Waals surface area contributed by atoms with Crippen LogP contribution in [0.2, 0.25) is 0 Å². The van der Waals surface area contributed by atoms with Crippen LogP contribution in [0.25, 0.3) is 22.3 Å². The molecule has 1 N–H and O–H groups in total. The smallest absolute Gasteiger partial charge is 0.308 e. The predicted octanol–water partition coefficient (Wildman–Crippen LogP) is 11.5. The fourth-order valence-electron chi connectivity index (χ4n) is 9.19. The summed E-state index contributed by atoms with van der Waals surface area (Å²) >= 11 is 0. The third-order valence-electron chi connectivity index (χ3n) is 12.5. The number of hydrogen-bond donors (Lipinski definition) is 1. The van der Waals surface area contributed by atoms with Crippen molar-refractivity contribution in [1.82, 2.24) is 4.98 Å². The van der Waals surface area contributed by atoms with Crippen LogP contribution in [-0.2, 0) is 15.6 Å². The van der Waals surface area contributed by atoms with Crippen molar-refractivity contribution in [1.29, 1.82) is 0 Å². The van der Waals surface area contributed by atoms with Gasteiger partial charge in [0.2, 0.25) is 0 Å². The zero-order valence-electron chi connectivity index (χ0n) is 39.4. The second-order valence-electron chi connectivity index (χ2n) is 19.0. The maximum absolute atomic E-state index is 13.6. The monoisotopic (exact) mass is 869 g/mol. The average molecular weight is 870 g/mol. The van der Waals surface area contributed by atoms with Gasteiger partial charge in [0, 0.05) is 45.5 Å². The van der Waals surface area contributed by atoms with Gasteiger partial charge in [-0.2, -0.15) is 0 Å². The molecule has 8 bridgehead atoms. The Balaban J connectivity index is 1.51. The van der Waals surface area contributed by atoms with Crippen molar-refractivity contribution in [2.75, 3.05) is 14.2 Å². The number of nitrogens with one attached hydrogen (secondary N) is 1. The molecular weight excluding hydrogens is 815 g/mol. The van der Waals surface area contributed by atoms with Gasteiger partial charge in [-0.25, -0.2) is 9.98 Å². The van der Waals surface area contributed by atoms with E-state index in [-0.39, 0.29) is 16.6 Å². The number of carbonyl (C=O) groups is 1. The first-order valence-corrected chi connectivity index (χ1v) is 22.4. The first-order valence-electron chi connectivity index (χ1n) is 22.4. The quantitative estimate of drug-likeness (QED) is 0.128. The number of carbonyl (C=O) groups excluding carboxylic acids is 1. The van der Waals surface area contributed by atoms with E-state index in [9.17, 15) is 4.79 Å². The van der Waals surface area contributed by atoms with Crippen LogP contribution in [-0.4, -0.2) is 36.6 Å². The van der Waals surface area contributed by atoms with E-state index in [1.807, 2.05) is 79.7 Å². The minimum atomic E-state index is -0.503. The molecule has 0 amide bonds. The Bertz CT molecular complexity index is 3030. The SMILES string of the molecule is COc1c(C)c(OC)c2c(OC(C)=O)c1C(c1ccccc1)=C1C=CC(=N1)C(c1ccc(C(C)(C)C)cc1)=c1ccc([nH]1)=C(c1ccc(C(C)(C)C)cc1)C1=NC(=C2c2ccccc2)C=C1. The van der Waals surface area contributed by atoms with Gasteiger partial charge in [0.15, 0.2) is 5.75 Å². The molecule has 3 aliphatic heterocycles. The number of nitrogens with zero attached hydrogens (tertiary/aromatic N) is 2. The highest BCUT2D eigenvalue weighted by molar-refractivity contribution is 6.32. The Kier molecular flexibility index (Phi) is 11.3. The van der Waals surface area contributed by atoms with Gasteiger partial charge in [0.25, 0.3) is 0 Å². The first kappa shape index (κ1) is 43.7. The van der Waals surface area contributed by atoms with Gasteiger partial charge in [-0.3, -0.25) is 4.79 Å². The Morgan fingerprint density at radius 1 is 0.485 bits per heavy atom. The number of aromatic amines is 1. The van der Waals surface area contributed by atoms with Crippen molar-refractivity contribution in [3.63, 3.8) is 0 Å². The van der Waals surface area contributed by atoms with Crippen LogP contribution in [0.4, 0.5) is 0 Å². The van der Waals surface area contributed by atoms with Gasteiger partial charge in [-0.05, 0) is 87.6 Å². The maximum Gasteiger partial charge on any atom is 0.308 e. The highest BCUT2D eigenvalue weighted by Gasteiger charge is 2.34. The number of methoxy groups -OCH3 is 2. The summed E-state index contributed by atoms with van der Waals surface area (Å²) in [4.78, 5) is 28.6. The molecule has 3 aliphatic rings. The second kappa shape index (κ2) is 17.1. The standard InChI is InChI=1S/C59H55N3O4/c1-35-55(64-9)53-51(37-17-13-11-14-18-37)47-33-31-45(61-47)49(39-21-25-41(26-22-39)58(3,4)5)43-29-30-44(60-43)50(40-23-27-42(28-24-40)59(6,7)8)46-32-34-48(62-46)52(38-19-15-12-16-20-38)54(56(35)65-10)57(53)66-36(2)63/h11-34,60H,1-10H3. The topological polar surface area (TPSA) is 85.3 Å². The summed E-state index contributed by atoms with van der Waals surface area (Å²) in [6.45, 7) is 16.8. The molecule has 0 aliphatic carbocycles. The molecule has 7 heteroatoms. The Morgan fingerprint density at radius 2 is 0.864 bits per heavy atom. The minimum Gasteiger partial charge on any atom is -0.496 e.